The van der Waals surface area contributed by atoms with Gasteiger partial charge in [0, 0.05) is 30.3 Å². The lowest BCUT2D eigenvalue weighted by atomic mass is 10.2. The van der Waals surface area contributed by atoms with E-state index in [-0.39, 0.29) is 24.6 Å². The molecule has 1 fully saturated rings. The molecule has 0 aliphatic carbocycles. The zero-order chi connectivity index (χ0) is 27.0. The maximum absolute atomic E-state index is 13.2. The molecule has 3 aromatic rings. The number of hydrogen-bond acceptors (Lipinski definition) is 10. The topological polar surface area (TPSA) is 127 Å². The van der Waals surface area contributed by atoms with Crippen LogP contribution >= 0.6 is 0 Å². The van der Waals surface area contributed by atoms with E-state index in [1.165, 1.54) is 0 Å². The summed E-state index contributed by atoms with van der Waals surface area (Å²) in [5, 5.41) is 13.2. The molecule has 12 nitrogen and oxygen atoms in total. The lowest BCUT2D eigenvalue weighted by molar-refractivity contribution is 0.0726. The second kappa shape index (κ2) is 10.4. The van der Waals surface area contributed by atoms with Crippen molar-refractivity contribution in [2.75, 3.05) is 44.7 Å². The lowest BCUT2D eigenvalue weighted by Crippen LogP contribution is -2.34. The molecule has 0 unspecified atom stereocenters. The van der Waals surface area contributed by atoms with E-state index >= 15 is 0 Å². The van der Waals surface area contributed by atoms with Crippen molar-refractivity contribution in [3.63, 3.8) is 0 Å². The first kappa shape index (κ1) is 25.6. The summed E-state index contributed by atoms with van der Waals surface area (Å²) in [5.41, 5.74) is 1.88. The second-order valence-corrected chi connectivity index (χ2v) is 9.57. The van der Waals surface area contributed by atoms with Gasteiger partial charge in [0.15, 0.2) is 11.5 Å². The number of aliphatic hydroxyl groups is 1. The molecule has 2 aliphatic rings. The molecule has 0 bridgehead atoms. The number of aliphatic hydroxyl groups excluding tert-OH is 1. The van der Waals surface area contributed by atoms with Crippen LogP contribution in [0.5, 0.6) is 17.2 Å². The highest BCUT2D eigenvalue weighted by Gasteiger charge is 2.36. The summed E-state index contributed by atoms with van der Waals surface area (Å²) in [6, 6.07) is 3.60. The minimum atomic E-state index is -0.121. The van der Waals surface area contributed by atoms with Gasteiger partial charge in [0.2, 0.25) is 11.7 Å². The van der Waals surface area contributed by atoms with Crippen molar-refractivity contribution < 1.29 is 24.1 Å². The smallest absolute Gasteiger partial charge is 0.273 e. The van der Waals surface area contributed by atoms with E-state index in [4.69, 9.17) is 19.2 Å². The zero-order valence-corrected chi connectivity index (χ0v) is 22.3. The average molecular weight is 524 g/mol. The highest BCUT2D eigenvalue weighted by atomic mass is 16.5. The molecular formula is C26H33N7O5. The molecule has 0 radical (unpaired) electrons. The Morgan fingerprint density at radius 3 is 2.50 bits per heavy atom. The number of fused-ring (bicyclic) bond motifs is 1. The van der Waals surface area contributed by atoms with Gasteiger partial charge in [0.25, 0.3) is 5.91 Å². The lowest BCUT2D eigenvalue weighted by Gasteiger charge is -2.24. The van der Waals surface area contributed by atoms with Crippen molar-refractivity contribution in [3.05, 3.63) is 35.9 Å². The summed E-state index contributed by atoms with van der Waals surface area (Å²) in [4.78, 5) is 31.0. The Morgan fingerprint density at radius 1 is 1.13 bits per heavy atom. The quantitative estimate of drug-likeness (QED) is 0.432. The van der Waals surface area contributed by atoms with Crippen molar-refractivity contribution >= 4 is 23.5 Å². The molecule has 1 aromatic carbocycles. The fourth-order valence-electron chi connectivity index (χ4n) is 4.98. The van der Waals surface area contributed by atoms with E-state index in [2.05, 4.69) is 15.3 Å². The van der Waals surface area contributed by atoms with Crippen LogP contribution in [0.3, 0.4) is 0 Å². The first-order valence-electron chi connectivity index (χ1n) is 12.6. The molecule has 1 amide bonds. The number of methoxy groups -OCH3 is 3. The summed E-state index contributed by atoms with van der Waals surface area (Å²) in [6.45, 7) is 5.10. The minimum absolute atomic E-state index is 0.00840. The van der Waals surface area contributed by atoms with E-state index in [9.17, 15) is 9.90 Å². The van der Waals surface area contributed by atoms with Gasteiger partial charge in [0.1, 0.15) is 23.7 Å². The van der Waals surface area contributed by atoms with E-state index in [0.717, 1.165) is 30.6 Å². The molecule has 2 aromatic heterocycles. The fraction of sp³-hybridized carbons (Fsp3) is 0.462. The summed E-state index contributed by atoms with van der Waals surface area (Å²) < 4.78 is 18.2. The third-order valence-electron chi connectivity index (χ3n) is 7.03. The maximum atomic E-state index is 13.2. The van der Waals surface area contributed by atoms with Crippen molar-refractivity contribution in [2.24, 2.45) is 0 Å². The van der Waals surface area contributed by atoms with Crippen molar-refractivity contribution in [2.45, 2.75) is 45.3 Å². The third-order valence-corrected chi connectivity index (χ3v) is 7.03. The summed E-state index contributed by atoms with van der Waals surface area (Å²) in [5.74, 6) is 2.94. The number of nitrogens with one attached hydrogen (secondary N) is 1. The van der Waals surface area contributed by atoms with Crippen LogP contribution in [-0.2, 0) is 6.54 Å². The fourth-order valence-corrected chi connectivity index (χ4v) is 4.98. The maximum Gasteiger partial charge on any atom is 0.273 e. The molecule has 1 atom stereocenters. The highest BCUT2D eigenvalue weighted by molar-refractivity contribution is 5.98. The Hall–Kier alpha value is -4.06. The number of aromatic nitrogens is 4. The SMILES string of the molecule is COc1cc(-n2cnc(Nc3nc(N4CCC[C@@H]4CO)nc4c3CN(C(C)C)C4=O)c2)cc(OC)c1OC. The van der Waals surface area contributed by atoms with Gasteiger partial charge in [-0.05, 0) is 26.7 Å². The van der Waals surface area contributed by atoms with E-state index in [1.807, 2.05) is 41.6 Å². The number of imidazole rings is 1. The van der Waals surface area contributed by atoms with Gasteiger partial charge in [-0.25, -0.2) is 9.97 Å². The van der Waals surface area contributed by atoms with Crippen LogP contribution < -0.4 is 24.4 Å². The van der Waals surface area contributed by atoms with Gasteiger partial charge >= 0.3 is 0 Å². The first-order chi connectivity index (χ1) is 18.4. The van der Waals surface area contributed by atoms with Crippen LogP contribution in [0.4, 0.5) is 17.6 Å². The molecule has 5 rings (SSSR count). The summed E-state index contributed by atoms with van der Waals surface area (Å²) in [6.07, 6.45) is 5.27. The number of carbonyl (C=O) groups is 1. The van der Waals surface area contributed by atoms with Crippen LogP contribution in [0.1, 0.15) is 42.7 Å². The van der Waals surface area contributed by atoms with Gasteiger partial charge in [-0.3, -0.25) is 4.79 Å². The molecule has 38 heavy (non-hydrogen) atoms. The van der Waals surface area contributed by atoms with Crippen molar-refractivity contribution in [1.29, 1.82) is 0 Å². The Morgan fingerprint density at radius 2 is 1.87 bits per heavy atom. The zero-order valence-electron chi connectivity index (χ0n) is 22.3. The predicted molar refractivity (Wildman–Crippen MR) is 141 cm³/mol. The van der Waals surface area contributed by atoms with Gasteiger partial charge in [-0.2, -0.15) is 4.98 Å². The number of carbonyl (C=O) groups excluding carboxylic acids is 1. The Labute approximate surface area is 221 Å². The molecule has 2 aliphatic heterocycles. The molecule has 1 saturated heterocycles. The molecule has 0 saturated carbocycles. The number of ether oxygens (including phenoxy) is 3. The van der Waals surface area contributed by atoms with E-state index in [0.29, 0.717) is 47.1 Å². The van der Waals surface area contributed by atoms with Gasteiger partial charge in [-0.1, -0.05) is 0 Å². The molecule has 4 heterocycles. The first-order valence-corrected chi connectivity index (χ1v) is 12.6. The van der Waals surface area contributed by atoms with Gasteiger partial charge in [0.05, 0.1) is 52.4 Å². The predicted octanol–water partition coefficient (Wildman–Crippen LogP) is 2.76. The van der Waals surface area contributed by atoms with Crippen LogP contribution in [-0.4, -0.2) is 82.0 Å². The standard InChI is InChI=1S/C26H33N7O5/c1-15(2)33-11-18-22(25(33)35)29-26(32-8-6-7-16(32)13-34)30-24(18)28-21-12-31(14-27-21)17-9-19(36-3)23(38-5)20(10-17)37-4/h9-10,12,14-16,34H,6-8,11,13H2,1-5H3,(H,28,29,30)/t16-/m1/s1. The number of rotatable bonds is 9. The van der Waals surface area contributed by atoms with E-state index in [1.54, 1.807) is 32.6 Å². The summed E-state index contributed by atoms with van der Waals surface area (Å²) >= 11 is 0. The van der Waals surface area contributed by atoms with Crippen LogP contribution in [0.15, 0.2) is 24.7 Å². The molecule has 202 valence electrons. The third kappa shape index (κ3) is 4.44. The molecule has 12 heteroatoms. The largest absolute Gasteiger partial charge is 0.493 e. The van der Waals surface area contributed by atoms with E-state index < -0.39 is 0 Å². The van der Waals surface area contributed by atoms with Crippen LogP contribution in [0.25, 0.3) is 5.69 Å². The number of hydrogen-bond donors (Lipinski definition) is 2. The Kier molecular flexibility index (Phi) is 6.98. The normalized spacial score (nSPS) is 16.8. The van der Waals surface area contributed by atoms with Crippen LogP contribution in [0, 0.1) is 0 Å². The monoisotopic (exact) mass is 523 g/mol. The molecule has 0 spiro atoms. The Balaban J connectivity index is 1.51. The summed E-state index contributed by atoms with van der Waals surface area (Å²) in [7, 11) is 4.70. The van der Waals surface area contributed by atoms with Gasteiger partial charge < -0.3 is 39.0 Å². The average Bonchev–Trinajstić information content (AvgIpc) is 3.67. The highest BCUT2D eigenvalue weighted by Crippen LogP contribution is 2.39. The molecular weight excluding hydrogens is 490 g/mol. The van der Waals surface area contributed by atoms with Crippen molar-refractivity contribution in [3.8, 4) is 22.9 Å². The second-order valence-electron chi connectivity index (χ2n) is 9.57. The number of amides is 1. The number of benzene rings is 1. The Bertz CT molecular complexity index is 1320. The minimum Gasteiger partial charge on any atom is -0.493 e. The number of anilines is 3. The molecule has 2 N–H and O–H groups in total. The number of nitrogens with zero attached hydrogens (tertiary/aromatic N) is 6. The van der Waals surface area contributed by atoms with Crippen LogP contribution in [0.2, 0.25) is 0 Å². The van der Waals surface area contributed by atoms with Crippen molar-refractivity contribution in [1.82, 2.24) is 24.4 Å². The van der Waals surface area contributed by atoms with Gasteiger partial charge in [-0.15, -0.1) is 0 Å².